The second kappa shape index (κ2) is 6.84. The maximum atomic E-state index is 13.8. The molecule has 2 N–H and O–H groups in total. The molecule has 0 unspecified atom stereocenters. The molecule has 31 heavy (non-hydrogen) atoms. The smallest absolute Gasteiger partial charge is 0.181 e. The van der Waals surface area contributed by atoms with Crippen molar-refractivity contribution in [2.24, 2.45) is 0 Å². The SMILES string of the molecule is Fc1cccc(-c2cncc3[nH]c(-c4[nH]nc5ncc(-c6ccccn6)cc45)cc23)c1. The number of benzene rings is 1. The van der Waals surface area contributed by atoms with Crippen molar-refractivity contribution in [1.29, 1.82) is 0 Å². The van der Waals surface area contributed by atoms with Gasteiger partial charge in [-0.05, 0) is 42.0 Å². The van der Waals surface area contributed by atoms with Gasteiger partial charge in [-0.1, -0.05) is 18.2 Å². The van der Waals surface area contributed by atoms with Crippen LogP contribution in [-0.2, 0) is 0 Å². The zero-order valence-corrected chi connectivity index (χ0v) is 16.2. The molecule has 5 aromatic heterocycles. The topological polar surface area (TPSA) is 83.1 Å². The average molecular weight is 406 g/mol. The van der Waals surface area contributed by atoms with E-state index in [1.807, 2.05) is 36.4 Å². The fraction of sp³-hybridized carbons (Fsp3) is 0. The number of halogens is 1. The van der Waals surface area contributed by atoms with E-state index in [2.05, 4.69) is 30.1 Å². The maximum absolute atomic E-state index is 13.8. The van der Waals surface area contributed by atoms with E-state index in [-0.39, 0.29) is 5.82 Å². The van der Waals surface area contributed by atoms with Crippen LogP contribution in [0.4, 0.5) is 4.39 Å². The zero-order chi connectivity index (χ0) is 20.8. The summed E-state index contributed by atoms with van der Waals surface area (Å²) in [6.07, 6.45) is 7.04. The fourth-order valence-electron chi connectivity index (χ4n) is 3.85. The molecule has 0 atom stereocenters. The number of nitrogens with zero attached hydrogens (tertiary/aromatic N) is 4. The van der Waals surface area contributed by atoms with E-state index in [4.69, 9.17) is 0 Å². The Hall–Kier alpha value is -4.39. The number of fused-ring (bicyclic) bond motifs is 2. The Bertz CT molecular complexity index is 1550. The maximum Gasteiger partial charge on any atom is 0.181 e. The minimum absolute atomic E-state index is 0.280. The van der Waals surface area contributed by atoms with Gasteiger partial charge in [0.2, 0.25) is 0 Å². The van der Waals surface area contributed by atoms with Crippen molar-refractivity contribution in [3.05, 3.63) is 85.2 Å². The van der Waals surface area contributed by atoms with Crippen LogP contribution in [0, 0.1) is 5.82 Å². The highest BCUT2D eigenvalue weighted by atomic mass is 19.1. The van der Waals surface area contributed by atoms with E-state index in [9.17, 15) is 4.39 Å². The van der Waals surface area contributed by atoms with Gasteiger partial charge < -0.3 is 4.98 Å². The van der Waals surface area contributed by atoms with Crippen molar-refractivity contribution in [2.45, 2.75) is 0 Å². The largest absolute Gasteiger partial charge is 0.352 e. The van der Waals surface area contributed by atoms with Crippen LogP contribution in [0.15, 0.2) is 79.4 Å². The van der Waals surface area contributed by atoms with Gasteiger partial charge in [0, 0.05) is 40.5 Å². The van der Waals surface area contributed by atoms with E-state index >= 15 is 0 Å². The highest BCUT2D eigenvalue weighted by Gasteiger charge is 2.15. The summed E-state index contributed by atoms with van der Waals surface area (Å²) in [5.41, 5.74) is 6.54. The van der Waals surface area contributed by atoms with Crippen molar-refractivity contribution in [2.75, 3.05) is 0 Å². The van der Waals surface area contributed by atoms with Crippen molar-refractivity contribution in [3.8, 4) is 33.8 Å². The highest BCUT2D eigenvalue weighted by molar-refractivity contribution is 6.00. The summed E-state index contributed by atoms with van der Waals surface area (Å²) in [5.74, 6) is -0.280. The van der Waals surface area contributed by atoms with E-state index in [0.717, 1.165) is 50.1 Å². The van der Waals surface area contributed by atoms with Gasteiger partial charge in [0.25, 0.3) is 0 Å². The van der Waals surface area contributed by atoms with E-state index in [1.165, 1.54) is 12.1 Å². The monoisotopic (exact) mass is 406 g/mol. The predicted molar refractivity (Wildman–Crippen MR) is 118 cm³/mol. The van der Waals surface area contributed by atoms with Crippen LogP contribution in [0.2, 0.25) is 0 Å². The summed E-state index contributed by atoms with van der Waals surface area (Å²) < 4.78 is 13.8. The molecule has 5 heterocycles. The number of nitrogens with one attached hydrogen (secondary N) is 2. The summed E-state index contributed by atoms with van der Waals surface area (Å²) in [6, 6.07) is 16.3. The van der Waals surface area contributed by atoms with Gasteiger partial charge in [-0.25, -0.2) is 9.37 Å². The van der Waals surface area contributed by atoms with Gasteiger partial charge in [0.15, 0.2) is 5.65 Å². The fourth-order valence-corrected chi connectivity index (χ4v) is 3.85. The van der Waals surface area contributed by atoms with Gasteiger partial charge in [-0.2, -0.15) is 5.10 Å². The molecule has 0 fully saturated rings. The second-order valence-corrected chi connectivity index (χ2v) is 7.25. The van der Waals surface area contributed by atoms with Gasteiger partial charge in [0.05, 0.1) is 28.8 Å². The third kappa shape index (κ3) is 2.95. The molecule has 6 nitrogen and oxygen atoms in total. The lowest BCUT2D eigenvalue weighted by molar-refractivity contribution is 0.628. The Kier molecular flexibility index (Phi) is 3.86. The normalized spacial score (nSPS) is 11.4. The van der Waals surface area contributed by atoms with Crippen LogP contribution < -0.4 is 0 Å². The van der Waals surface area contributed by atoms with Crippen LogP contribution in [0.5, 0.6) is 0 Å². The van der Waals surface area contributed by atoms with Crippen molar-refractivity contribution >= 4 is 21.9 Å². The minimum atomic E-state index is -0.280. The van der Waals surface area contributed by atoms with Crippen LogP contribution >= 0.6 is 0 Å². The highest BCUT2D eigenvalue weighted by Crippen LogP contribution is 2.34. The predicted octanol–water partition coefficient (Wildman–Crippen LogP) is 5.37. The molecule has 0 radical (unpaired) electrons. The summed E-state index contributed by atoms with van der Waals surface area (Å²) in [7, 11) is 0. The lowest BCUT2D eigenvalue weighted by atomic mass is 10.0. The molecule has 7 heteroatoms. The molecule has 0 aliphatic carbocycles. The molecule has 0 amide bonds. The van der Waals surface area contributed by atoms with Crippen LogP contribution in [-0.4, -0.2) is 30.1 Å². The quantitative estimate of drug-likeness (QED) is 0.414. The molecule has 1 aromatic carbocycles. The van der Waals surface area contributed by atoms with Gasteiger partial charge in [-0.15, -0.1) is 0 Å². The number of rotatable bonds is 3. The van der Waals surface area contributed by atoms with Crippen LogP contribution in [0.1, 0.15) is 0 Å². The molecule has 0 saturated carbocycles. The van der Waals surface area contributed by atoms with Crippen molar-refractivity contribution in [3.63, 3.8) is 0 Å². The number of hydrogen-bond acceptors (Lipinski definition) is 4. The molecule has 148 valence electrons. The Labute approximate surface area is 175 Å². The van der Waals surface area contributed by atoms with Crippen molar-refractivity contribution < 1.29 is 4.39 Å². The molecule has 6 aromatic rings. The number of aromatic nitrogens is 6. The summed E-state index contributed by atoms with van der Waals surface area (Å²) in [6.45, 7) is 0. The molecule has 0 saturated heterocycles. The Morgan fingerprint density at radius 3 is 2.65 bits per heavy atom. The molecule has 0 bridgehead atoms. The van der Waals surface area contributed by atoms with E-state index < -0.39 is 0 Å². The van der Waals surface area contributed by atoms with Crippen molar-refractivity contribution in [1.82, 2.24) is 30.1 Å². The van der Waals surface area contributed by atoms with Crippen LogP contribution in [0.25, 0.3) is 55.7 Å². The number of hydrogen-bond donors (Lipinski definition) is 2. The van der Waals surface area contributed by atoms with E-state index in [0.29, 0.717) is 5.65 Å². The lowest BCUT2D eigenvalue weighted by Crippen LogP contribution is -1.85. The van der Waals surface area contributed by atoms with Crippen LogP contribution in [0.3, 0.4) is 0 Å². The standard InChI is InChI=1S/C24H15FN6/c25-16-5-3-4-14(8-16)19-12-26-13-22-17(19)10-21(29-22)23-18-9-15(11-28-24(18)31-30-23)20-6-1-2-7-27-20/h1-13,29H,(H,28,30,31). The minimum Gasteiger partial charge on any atom is -0.352 e. The number of H-pyrrole nitrogens is 2. The first-order chi connectivity index (χ1) is 15.3. The molecular formula is C24H15FN6. The molecular weight excluding hydrogens is 391 g/mol. The Balaban J connectivity index is 1.52. The molecule has 6 rings (SSSR count). The first-order valence-electron chi connectivity index (χ1n) is 9.75. The molecule has 0 spiro atoms. The average Bonchev–Trinajstić information content (AvgIpc) is 3.43. The first kappa shape index (κ1) is 17.5. The molecule has 0 aliphatic rings. The Morgan fingerprint density at radius 2 is 1.77 bits per heavy atom. The number of pyridine rings is 3. The summed E-state index contributed by atoms with van der Waals surface area (Å²) in [4.78, 5) is 16.6. The summed E-state index contributed by atoms with van der Waals surface area (Å²) in [5, 5.41) is 9.28. The lowest BCUT2D eigenvalue weighted by Gasteiger charge is -2.02. The second-order valence-electron chi connectivity index (χ2n) is 7.25. The number of aromatic amines is 2. The Morgan fingerprint density at radius 1 is 0.806 bits per heavy atom. The first-order valence-corrected chi connectivity index (χ1v) is 9.75. The zero-order valence-electron chi connectivity index (χ0n) is 16.2. The van der Waals surface area contributed by atoms with Gasteiger partial charge >= 0.3 is 0 Å². The third-order valence-electron chi connectivity index (χ3n) is 5.32. The molecule has 0 aliphatic heterocycles. The third-order valence-corrected chi connectivity index (χ3v) is 5.32. The van der Waals surface area contributed by atoms with Gasteiger partial charge in [-0.3, -0.25) is 15.1 Å². The van der Waals surface area contributed by atoms with E-state index in [1.54, 1.807) is 30.9 Å². The summed E-state index contributed by atoms with van der Waals surface area (Å²) >= 11 is 0. The van der Waals surface area contributed by atoms with Gasteiger partial charge in [0.1, 0.15) is 5.82 Å².